The number of ether oxygens (including phenoxy) is 1. The summed E-state index contributed by atoms with van der Waals surface area (Å²) in [5.74, 6) is -4.89. The highest BCUT2D eigenvalue weighted by atomic mass is 19.4. The van der Waals surface area contributed by atoms with Crippen LogP contribution in [0.15, 0.2) is 67.3 Å². The Kier molecular flexibility index (Phi) is 10.9. The van der Waals surface area contributed by atoms with Crippen molar-refractivity contribution in [2.24, 2.45) is 0 Å². The number of amides is 2. The Bertz CT molecular complexity index is 1450. The van der Waals surface area contributed by atoms with E-state index in [0.29, 0.717) is 38.0 Å². The molecule has 2 amide bonds. The van der Waals surface area contributed by atoms with Gasteiger partial charge in [-0.15, -0.1) is 0 Å². The van der Waals surface area contributed by atoms with Gasteiger partial charge in [-0.05, 0) is 24.3 Å². The topological polar surface area (TPSA) is 164 Å². The van der Waals surface area contributed by atoms with E-state index in [9.17, 15) is 35.9 Å². The number of likely N-dealkylation sites (tertiary alicyclic amines) is 1. The summed E-state index contributed by atoms with van der Waals surface area (Å²) >= 11 is 0. The number of nitrogens with one attached hydrogen (secondary N) is 1. The standard InChI is InChI=1S/C23H23N5O3.2C2HF3O2/c29-20(26-18-4-2-1-3-5-18)19-16-28-15-12-25-22(28)23(31-19)8-13-27(14-9-23)21(30)17-6-10-24-11-7-17;2*3-2(4,5)1(6)7/h1-7,10-12,15,19H,8-9,13-14,16H2,(H,26,29);2*(H,6,7). The van der Waals surface area contributed by atoms with Gasteiger partial charge in [0.1, 0.15) is 11.4 Å². The summed E-state index contributed by atoms with van der Waals surface area (Å²) in [4.78, 5) is 53.9. The highest BCUT2D eigenvalue weighted by Crippen LogP contribution is 2.40. The van der Waals surface area contributed by atoms with Gasteiger partial charge in [0, 0.05) is 62.0 Å². The maximum absolute atomic E-state index is 12.9. The molecule has 2 aromatic heterocycles. The smallest absolute Gasteiger partial charge is 0.475 e. The molecule has 12 nitrogen and oxygen atoms in total. The molecule has 0 saturated carbocycles. The number of para-hydroxylation sites is 1. The fraction of sp³-hybridized carbons (Fsp3) is 0.333. The molecule has 0 bridgehead atoms. The summed E-state index contributed by atoms with van der Waals surface area (Å²) in [5.41, 5.74) is 0.673. The van der Waals surface area contributed by atoms with Crippen molar-refractivity contribution in [3.05, 3.63) is 78.6 Å². The van der Waals surface area contributed by atoms with Gasteiger partial charge in [0.15, 0.2) is 6.10 Å². The molecule has 1 fully saturated rings. The van der Waals surface area contributed by atoms with E-state index in [-0.39, 0.29) is 11.8 Å². The molecule has 4 heterocycles. The Hall–Kier alpha value is -5.00. The molecule has 1 atom stereocenters. The molecule has 1 saturated heterocycles. The van der Waals surface area contributed by atoms with Gasteiger partial charge in [-0.1, -0.05) is 18.2 Å². The second-order valence-electron chi connectivity index (χ2n) is 9.49. The second-order valence-corrected chi connectivity index (χ2v) is 9.49. The predicted molar refractivity (Wildman–Crippen MR) is 141 cm³/mol. The molecule has 2 aliphatic heterocycles. The minimum Gasteiger partial charge on any atom is -0.475 e. The summed E-state index contributed by atoms with van der Waals surface area (Å²) in [6.07, 6.45) is -2.77. The van der Waals surface area contributed by atoms with Crippen molar-refractivity contribution >= 4 is 29.4 Å². The van der Waals surface area contributed by atoms with Crippen LogP contribution in [0, 0.1) is 0 Å². The zero-order valence-electron chi connectivity index (χ0n) is 23.0. The number of carboxylic acids is 2. The molecular weight excluding hydrogens is 620 g/mol. The first-order valence-electron chi connectivity index (χ1n) is 12.9. The molecule has 0 aliphatic carbocycles. The van der Waals surface area contributed by atoms with Gasteiger partial charge in [-0.3, -0.25) is 14.6 Å². The first kappa shape index (κ1) is 34.5. The van der Waals surface area contributed by atoms with E-state index in [4.69, 9.17) is 24.5 Å². The van der Waals surface area contributed by atoms with Crippen LogP contribution in [0.5, 0.6) is 0 Å². The molecule has 1 aromatic carbocycles. The molecule has 5 rings (SSSR count). The molecule has 3 N–H and O–H groups in total. The average Bonchev–Trinajstić information content (AvgIpc) is 3.48. The van der Waals surface area contributed by atoms with E-state index < -0.39 is 36.0 Å². The van der Waals surface area contributed by atoms with Crippen LogP contribution in [0.4, 0.5) is 32.0 Å². The van der Waals surface area contributed by atoms with E-state index in [1.165, 1.54) is 0 Å². The SMILES string of the molecule is O=C(Nc1ccccc1)C1Cn2ccnc2C2(CCN(C(=O)c3ccncc3)CC2)O1.O=C(O)C(F)(F)F.O=C(O)C(F)(F)F. The van der Waals surface area contributed by atoms with E-state index in [0.717, 1.165) is 11.5 Å². The largest absolute Gasteiger partial charge is 0.490 e. The van der Waals surface area contributed by atoms with E-state index >= 15 is 0 Å². The third kappa shape index (κ3) is 9.24. The normalized spacial score (nSPS) is 17.0. The quantitative estimate of drug-likeness (QED) is 0.360. The molecule has 2 aliphatic rings. The van der Waals surface area contributed by atoms with Gasteiger partial charge in [0.2, 0.25) is 0 Å². The molecule has 45 heavy (non-hydrogen) atoms. The fourth-order valence-corrected chi connectivity index (χ4v) is 4.37. The van der Waals surface area contributed by atoms with Gasteiger partial charge >= 0.3 is 24.3 Å². The number of aliphatic carboxylic acids is 2. The number of hydrogen-bond acceptors (Lipinski definition) is 7. The molecule has 242 valence electrons. The minimum atomic E-state index is -5.08. The first-order chi connectivity index (χ1) is 21.0. The summed E-state index contributed by atoms with van der Waals surface area (Å²) in [6, 6.07) is 12.8. The lowest BCUT2D eigenvalue weighted by Crippen LogP contribution is -2.54. The van der Waals surface area contributed by atoms with Crippen molar-refractivity contribution in [2.75, 3.05) is 18.4 Å². The summed E-state index contributed by atoms with van der Waals surface area (Å²) < 4.78 is 71.9. The van der Waals surface area contributed by atoms with Crippen molar-refractivity contribution < 1.29 is 60.5 Å². The van der Waals surface area contributed by atoms with Crippen molar-refractivity contribution in [3.63, 3.8) is 0 Å². The number of aromatic nitrogens is 3. The number of alkyl halides is 6. The fourth-order valence-electron chi connectivity index (χ4n) is 4.37. The lowest BCUT2D eigenvalue weighted by molar-refractivity contribution is -0.193. The third-order valence-corrected chi connectivity index (χ3v) is 6.46. The number of benzene rings is 1. The second kappa shape index (κ2) is 14.2. The molecule has 1 spiro atoms. The zero-order chi connectivity index (χ0) is 33.4. The number of imidazole rings is 1. The van der Waals surface area contributed by atoms with Gasteiger partial charge in [-0.25, -0.2) is 14.6 Å². The Labute approximate surface area is 250 Å². The Balaban J connectivity index is 0.000000331. The van der Waals surface area contributed by atoms with E-state index in [2.05, 4.69) is 15.3 Å². The Morgan fingerprint density at radius 2 is 1.40 bits per heavy atom. The number of nitrogens with zero attached hydrogens (tertiary/aromatic N) is 4. The summed E-state index contributed by atoms with van der Waals surface area (Å²) in [6.45, 7) is 1.47. The lowest BCUT2D eigenvalue weighted by Gasteiger charge is -2.45. The van der Waals surface area contributed by atoms with Gasteiger partial charge in [0.05, 0.1) is 6.54 Å². The Morgan fingerprint density at radius 3 is 1.91 bits per heavy atom. The number of hydrogen-bond donors (Lipinski definition) is 3. The molecule has 1 unspecified atom stereocenters. The number of fused-ring (bicyclic) bond motifs is 2. The summed E-state index contributed by atoms with van der Waals surface area (Å²) in [7, 11) is 0. The van der Waals surface area contributed by atoms with Crippen LogP contribution in [-0.4, -0.2) is 84.9 Å². The van der Waals surface area contributed by atoms with Gasteiger partial charge < -0.3 is 29.7 Å². The third-order valence-electron chi connectivity index (χ3n) is 6.46. The van der Waals surface area contributed by atoms with Crippen molar-refractivity contribution in [2.45, 2.75) is 43.4 Å². The molecule has 18 heteroatoms. The molecule has 0 radical (unpaired) electrons. The Morgan fingerprint density at radius 1 is 0.867 bits per heavy atom. The first-order valence-corrected chi connectivity index (χ1v) is 12.9. The number of pyridine rings is 1. The van der Waals surface area contributed by atoms with Crippen LogP contribution in [-0.2, 0) is 31.3 Å². The van der Waals surface area contributed by atoms with E-state index in [1.54, 1.807) is 30.7 Å². The van der Waals surface area contributed by atoms with Crippen LogP contribution in [0.1, 0.15) is 29.0 Å². The van der Waals surface area contributed by atoms with Gasteiger partial charge in [0.25, 0.3) is 11.8 Å². The number of halogens is 6. The van der Waals surface area contributed by atoms with Crippen molar-refractivity contribution in [1.82, 2.24) is 19.4 Å². The maximum Gasteiger partial charge on any atom is 0.490 e. The number of carboxylic acid groups (broad SMARTS) is 2. The van der Waals surface area contributed by atoms with Crippen LogP contribution in [0.25, 0.3) is 0 Å². The summed E-state index contributed by atoms with van der Waals surface area (Å²) in [5, 5.41) is 17.2. The van der Waals surface area contributed by atoms with Crippen LogP contribution < -0.4 is 5.32 Å². The van der Waals surface area contributed by atoms with Gasteiger partial charge in [-0.2, -0.15) is 26.3 Å². The highest BCUT2D eigenvalue weighted by Gasteiger charge is 2.47. The number of rotatable bonds is 3. The minimum absolute atomic E-state index is 0.0187. The predicted octanol–water partition coefficient (Wildman–Crippen LogP) is 3.71. The molecular formula is C27H25F6N5O7. The van der Waals surface area contributed by atoms with E-state index in [1.807, 2.05) is 46.0 Å². The van der Waals surface area contributed by atoms with Crippen molar-refractivity contribution in [1.29, 1.82) is 0 Å². The average molecular weight is 646 g/mol. The number of anilines is 1. The van der Waals surface area contributed by atoms with Crippen LogP contribution in [0.3, 0.4) is 0 Å². The molecule has 3 aromatic rings. The van der Waals surface area contributed by atoms with Crippen molar-refractivity contribution in [3.8, 4) is 0 Å². The monoisotopic (exact) mass is 645 g/mol. The maximum atomic E-state index is 12.9. The highest BCUT2D eigenvalue weighted by molar-refractivity contribution is 5.95. The van der Waals surface area contributed by atoms with Crippen LogP contribution in [0.2, 0.25) is 0 Å². The lowest BCUT2D eigenvalue weighted by atomic mass is 9.88. The number of carbonyl (C=O) groups excluding carboxylic acids is 2. The number of carbonyl (C=O) groups is 4. The van der Waals surface area contributed by atoms with Crippen LogP contribution >= 0.6 is 0 Å². The number of piperidine rings is 1. The zero-order valence-corrected chi connectivity index (χ0v) is 23.0.